The van der Waals surface area contributed by atoms with Crippen LogP contribution in [0.25, 0.3) is 11.0 Å². The molecule has 0 bridgehead atoms. The van der Waals surface area contributed by atoms with Crippen LogP contribution in [0.15, 0.2) is 108 Å². The van der Waals surface area contributed by atoms with Crippen molar-refractivity contribution in [3.8, 4) is 5.75 Å². The van der Waals surface area contributed by atoms with Crippen LogP contribution in [-0.2, 0) is 16.1 Å². The first-order valence-corrected chi connectivity index (χ1v) is 15.4. The molecule has 1 aromatic heterocycles. The Morgan fingerprint density at radius 3 is 2.36 bits per heavy atom. The van der Waals surface area contributed by atoms with E-state index in [0.29, 0.717) is 17.0 Å². The SMILES string of the molecule is COc1ccccc1SCC1OC(c2ccc(NC(=O)c3cnc4ccccc4n3)cc2)OC(c2ccc(CO)cc2)C1C. The summed E-state index contributed by atoms with van der Waals surface area (Å²) in [7, 11) is 1.68. The van der Waals surface area contributed by atoms with E-state index in [0.717, 1.165) is 32.9 Å². The first kappa shape index (κ1) is 29.8. The summed E-state index contributed by atoms with van der Waals surface area (Å²) in [4.78, 5) is 22.7. The minimum atomic E-state index is -0.618. The van der Waals surface area contributed by atoms with Gasteiger partial charge in [0.1, 0.15) is 11.4 Å². The summed E-state index contributed by atoms with van der Waals surface area (Å²) in [6.45, 7) is 2.13. The number of anilines is 1. The minimum absolute atomic E-state index is 0.0123. The number of methoxy groups -OCH3 is 1. The van der Waals surface area contributed by atoms with Crippen LogP contribution in [0.3, 0.4) is 0 Å². The van der Waals surface area contributed by atoms with Crippen LogP contribution >= 0.6 is 11.8 Å². The molecule has 5 aromatic rings. The molecule has 4 atom stereocenters. The lowest BCUT2D eigenvalue weighted by atomic mass is 9.91. The van der Waals surface area contributed by atoms with Crippen molar-refractivity contribution < 1.29 is 24.1 Å². The second-order valence-electron chi connectivity index (χ2n) is 10.6. The molecule has 0 spiro atoms. The number of ether oxygens (including phenoxy) is 3. The van der Waals surface area contributed by atoms with Crippen LogP contribution in [0.1, 0.15) is 46.5 Å². The summed E-state index contributed by atoms with van der Waals surface area (Å²) in [5, 5.41) is 12.4. The van der Waals surface area contributed by atoms with Crippen molar-refractivity contribution in [1.82, 2.24) is 9.97 Å². The molecule has 44 heavy (non-hydrogen) atoms. The first-order valence-electron chi connectivity index (χ1n) is 14.4. The summed E-state index contributed by atoms with van der Waals surface area (Å²) in [5.41, 5.74) is 4.97. The third kappa shape index (κ3) is 6.61. The number of hydrogen-bond acceptors (Lipinski definition) is 8. The van der Waals surface area contributed by atoms with Gasteiger partial charge in [-0.1, -0.05) is 67.6 Å². The van der Waals surface area contributed by atoms with E-state index in [9.17, 15) is 9.90 Å². The van der Waals surface area contributed by atoms with E-state index in [4.69, 9.17) is 14.2 Å². The Labute approximate surface area is 260 Å². The number of fused-ring (bicyclic) bond motifs is 1. The van der Waals surface area contributed by atoms with Gasteiger partial charge in [-0.05, 0) is 47.5 Å². The predicted molar refractivity (Wildman–Crippen MR) is 171 cm³/mol. The van der Waals surface area contributed by atoms with Crippen molar-refractivity contribution in [3.63, 3.8) is 0 Å². The normalized spacial score (nSPS) is 19.9. The first-order chi connectivity index (χ1) is 21.5. The maximum atomic E-state index is 12.9. The molecule has 6 rings (SSSR count). The summed E-state index contributed by atoms with van der Waals surface area (Å²) in [6, 6.07) is 30.7. The third-order valence-corrected chi connectivity index (χ3v) is 8.86. The lowest BCUT2D eigenvalue weighted by Crippen LogP contribution is -2.38. The summed E-state index contributed by atoms with van der Waals surface area (Å²) in [6.07, 6.45) is 0.508. The number of benzene rings is 4. The number of thioether (sulfide) groups is 1. The Kier molecular flexibility index (Phi) is 9.18. The number of para-hydroxylation sites is 3. The van der Waals surface area contributed by atoms with Crippen LogP contribution in [0.5, 0.6) is 5.75 Å². The molecule has 1 saturated heterocycles. The molecule has 2 heterocycles. The van der Waals surface area contributed by atoms with Crippen LogP contribution in [0.4, 0.5) is 5.69 Å². The second-order valence-corrected chi connectivity index (χ2v) is 11.7. The quantitative estimate of drug-likeness (QED) is 0.173. The van der Waals surface area contributed by atoms with Gasteiger partial charge in [0.2, 0.25) is 0 Å². The van der Waals surface area contributed by atoms with Crippen LogP contribution in [0, 0.1) is 5.92 Å². The molecule has 1 aliphatic heterocycles. The molecule has 0 radical (unpaired) electrons. The highest BCUT2D eigenvalue weighted by atomic mass is 32.2. The summed E-state index contributed by atoms with van der Waals surface area (Å²) < 4.78 is 18.7. The standard InChI is InChI=1S/C35H33N3O5S/c1-22-31(21-44-32-10-6-5-9-30(32)41-2)42-35(43-33(22)24-13-11-23(20-39)12-14-24)25-15-17-26(18-16-25)37-34(40)29-19-36-27-7-3-4-8-28(27)38-29/h3-19,22,31,33,35,39H,20-21H2,1-2H3,(H,37,40). The highest BCUT2D eigenvalue weighted by Gasteiger charge is 2.38. The zero-order valence-corrected chi connectivity index (χ0v) is 25.2. The molecule has 8 nitrogen and oxygen atoms in total. The fourth-order valence-corrected chi connectivity index (χ4v) is 6.40. The van der Waals surface area contributed by atoms with E-state index in [1.165, 1.54) is 6.20 Å². The molecule has 0 saturated carbocycles. The highest BCUT2D eigenvalue weighted by Crippen LogP contribution is 2.43. The molecular weight excluding hydrogens is 574 g/mol. The maximum absolute atomic E-state index is 12.9. The zero-order chi connectivity index (χ0) is 30.5. The number of aliphatic hydroxyl groups excluding tert-OH is 1. The van der Waals surface area contributed by atoms with E-state index < -0.39 is 6.29 Å². The van der Waals surface area contributed by atoms with Gasteiger partial charge in [0.05, 0.1) is 43.2 Å². The van der Waals surface area contributed by atoms with Gasteiger partial charge in [-0.3, -0.25) is 9.78 Å². The number of carbonyl (C=O) groups excluding carboxylic acids is 1. The number of nitrogens with zero attached hydrogens (tertiary/aromatic N) is 2. The molecular formula is C35H33N3O5S. The topological polar surface area (TPSA) is 103 Å². The van der Waals surface area contributed by atoms with E-state index >= 15 is 0 Å². The van der Waals surface area contributed by atoms with Crippen molar-refractivity contribution in [2.24, 2.45) is 5.92 Å². The van der Waals surface area contributed by atoms with Gasteiger partial charge in [-0.25, -0.2) is 4.98 Å². The van der Waals surface area contributed by atoms with Crippen molar-refractivity contribution in [2.45, 2.75) is 36.9 Å². The fourth-order valence-electron chi connectivity index (χ4n) is 5.21. The lowest BCUT2D eigenvalue weighted by molar-refractivity contribution is -0.268. The molecule has 2 N–H and O–H groups in total. The number of hydrogen-bond donors (Lipinski definition) is 2. The Hall–Kier alpha value is -4.28. The van der Waals surface area contributed by atoms with Gasteiger partial charge in [-0.15, -0.1) is 11.8 Å². The van der Waals surface area contributed by atoms with E-state index in [1.54, 1.807) is 18.9 Å². The molecule has 1 aliphatic rings. The summed E-state index contributed by atoms with van der Waals surface area (Å²) >= 11 is 1.69. The smallest absolute Gasteiger partial charge is 0.275 e. The van der Waals surface area contributed by atoms with Gasteiger partial charge in [-0.2, -0.15) is 0 Å². The molecule has 224 valence electrons. The highest BCUT2D eigenvalue weighted by molar-refractivity contribution is 7.99. The van der Waals surface area contributed by atoms with Gasteiger partial charge in [0.25, 0.3) is 5.91 Å². The number of aromatic nitrogens is 2. The van der Waals surface area contributed by atoms with E-state index in [-0.39, 0.29) is 36.3 Å². The molecule has 1 amide bonds. The zero-order valence-electron chi connectivity index (χ0n) is 24.4. The average molecular weight is 608 g/mol. The largest absolute Gasteiger partial charge is 0.496 e. The van der Waals surface area contributed by atoms with Gasteiger partial charge >= 0.3 is 0 Å². The second kappa shape index (κ2) is 13.6. The number of carbonyl (C=O) groups is 1. The monoisotopic (exact) mass is 607 g/mol. The predicted octanol–water partition coefficient (Wildman–Crippen LogP) is 6.97. The number of nitrogens with one attached hydrogen (secondary N) is 1. The fraction of sp³-hybridized carbons (Fsp3) is 0.229. The molecule has 1 fully saturated rings. The van der Waals surface area contributed by atoms with Crippen molar-refractivity contribution in [1.29, 1.82) is 0 Å². The van der Waals surface area contributed by atoms with Gasteiger partial charge in [0, 0.05) is 27.8 Å². The number of rotatable bonds is 9. The van der Waals surface area contributed by atoms with Crippen LogP contribution in [-0.4, -0.2) is 39.9 Å². The van der Waals surface area contributed by atoms with Crippen molar-refractivity contribution >= 4 is 34.4 Å². The van der Waals surface area contributed by atoms with Crippen molar-refractivity contribution in [3.05, 3.63) is 126 Å². The number of amides is 1. The minimum Gasteiger partial charge on any atom is -0.496 e. The Balaban J connectivity index is 1.20. The Bertz CT molecular complexity index is 1730. The molecule has 0 aliphatic carbocycles. The lowest BCUT2D eigenvalue weighted by Gasteiger charge is -2.41. The molecule has 9 heteroatoms. The van der Waals surface area contributed by atoms with E-state index in [1.807, 2.05) is 97.1 Å². The van der Waals surface area contributed by atoms with Crippen LogP contribution < -0.4 is 10.1 Å². The average Bonchev–Trinajstić information content (AvgIpc) is 3.08. The van der Waals surface area contributed by atoms with Gasteiger partial charge < -0.3 is 24.6 Å². The Morgan fingerprint density at radius 2 is 1.61 bits per heavy atom. The molecule has 4 aromatic carbocycles. The van der Waals surface area contributed by atoms with Crippen molar-refractivity contribution in [2.75, 3.05) is 18.2 Å². The summed E-state index contributed by atoms with van der Waals surface area (Å²) in [5.74, 6) is 1.25. The van der Waals surface area contributed by atoms with Gasteiger partial charge in [0.15, 0.2) is 6.29 Å². The Morgan fingerprint density at radius 1 is 0.909 bits per heavy atom. The maximum Gasteiger partial charge on any atom is 0.275 e. The molecule has 4 unspecified atom stereocenters. The third-order valence-electron chi connectivity index (χ3n) is 7.72. The van der Waals surface area contributed by atoms with Crippen LogP contribution in [0.2, 0.25) is 0 Å². The van der Waals surface area contributed by atoms with E-state index in [2.05, 4.69) is 22.2 Å². The number of aliphatic hydroxyl groups is 1.